The molecule has 1 aliphatic heterocycles. The van der Waals surface area contributed by atoms with Crippen molar-refractivity contribution in [1.29, 1.82) is 0 Å². The second kappa shape index (κ2) is 5.93. The molecule has 128 valence electrons. The zero-order chi connectivity index (χ0) is 16.0. The summed E-state index contributed by atoms with van der Waals surface area (Å²) in [5, 5.41) is 0. The third kappa shape index (κ3) is 2.87. The number of piperidine rings is 1. The van der Waals surface area contributed by atoms with Crippen molar-refractivity contribution in [1.82, 2.24) is 4.90 Å². The number of amides is 1. The van der Waals surface area contributed by atoms with Gasteiger partial charge in [-0.3, -0.25) is 4.79 Å². The first-order valence-corrected chi connectivity index (χ1v) is 10.1. The van der Waals surface area contributed by atoms with Gasteiger partial charge in [-0.1, -0.05) is 31.4 Å². The lowest BCUT2D eigenvalue weighted by atomic mass is 9.65. The first-order chi connectivity index (χ1) is 11.0. The van der Waals surface area contributed by atoms with E-state index < -0.39 is 0 Å². The Bertz CT molecular complexity index is 500. The molecule has 1 amide bonds. The highest BCUT2D eigenvalue weighted by molar-refractivity contribution is 5.85. The molecule has 1 heterocycles. The van der Waals surface area contributed by atoms with Crippen LogP contribution in [0.1, 0.15) is 78.1 Å². The number of rotatable bonds is 1. The highest BCUT2D eigenvalue weighted by Gasteiger charge is 2.44. The molecule has 2 saturated carbocycles. The van der Waals surface area contributed by atoms with E-state index in [2.05, 4.69) is 24.8 Å². The molecule has 2 bridgehead atoms. The summed E-state index contributed by atoms with van der Waals surface area (Å²) in [5.41, 5.74) is 1.33. The lowest BCUT2D eigenvalue weighted by Crippen LogP contribution is -2.54. The van der Waals surface area contributed by atoms with Gasteiger partial charge >= 0.3 is 0 Å². The summed E-state index contributed by atoms with van der Waals surface area (Å²) in [7, 11) is 0. The maximum Gasteiger partial charge on any atom is 0.232 e. The van der Waals surface area contributed by atoms with Gasteiger partial charge in [-0.25, -0.2) is 0 Å². The second-order valence-corrected chi connectivity index (χ2v) is 9.29. The zero-order valence-corrected chi connectivity index (χ0v) is 15.0. The minimum absolute atomic E-state index is 0.237. The van der Waals surface area contributed by atoms with Crippen LogP contribution in [-0.4, -0.2) is 23.4 Å². The fourth-order valence-corrected chi connectivity index (χ4v) is 6.21. The Balaban J connectivity index is 1.58. The molecule has 0 aromatic carbocycles. The SMILES string of the molecule is CC1CC2CC(=CC(C)(C(=O)N3CCCC4CCCCC43)C1)C2. The lowest BCUT2D eigenvalue weighted by molar-refractivity contribution is -0.146. The molecule has 0 aromatic rings. The van der Waals surface area contributed by atoms with E-state index >= 15 is 0 Å². The number of fused-ring (bicyclic) bond motifs is 5. The highest BCUT2D eigenvalue weighted by Crippen LogP contribution is 2.47. The fourth-order valence-electron chi connectivity index (χ4n) is 6.21. The van der Waals surface area contributed by atoms with Gasteiger partial charge in [-0.15, -0.1) is 0 Å². The number of carbonyl (C=O) groups excluding carboxylic acids is 1. The number of nitrogens with zero attached hydrogens (tertiary/aromatic N) is 1. The van der Waals surface area contributed by atoms with E-state index in [0.717, 1.165) is 24.8 Å². The molecule has 5 aliphatic rings. The summed E-state index contributed by atoms with van der Waals surface area (Å²) in [5.74, 6) is 2.84. The molecule has 1 saturated heterocycles. The number of hydrogen-bond donors (Lipinski definition) is 0. The lowest BCUT2D eigenvalue weighted by Gasteiger charge is -2.48. The Kier molecular flexibility index (Phi) is 4.06. The molecule has 0 N–H and O–H groups in total. The molecule has 2 heteroatoms. The van der Waals surface area contributed by atoms with E-state index in [-0.39, 0.29) is 5.41 Å². The topological polar surface area (TPSA) is 20.3 Å². The number of likely N-dealkylation sites (tertiary alicyclic amines) is 1. The summed E-state index contributed by atoms with van der Waals surface area (Å²) in [6.45, 7) is 5.61. The van der Waals surface area contributed by atoms with Gasteiger partial charge in [-0.05, 0) is 76.0 Å². The molecule has 23 heavy (non-hydrogen) atoms. The van der Waals surface area contributed by atoms with E-state index in [4.69, 9.17) is 0 Å². The van der Waals surface area contributed by atoms with Gasteiger partial charge in [0.15, 0.2) is 0 Å². The van der Waals surface area contributed by atoms with E-state index in [1.807, 2.05) is 0 Å². The number of carbonyl (C=O) groups is 1. The molecule has 0 spiro atoms. The molecule has 2 nitrogen and oxygen atoms in total. The minimum Gasteiger partial charge on any atom is -0.339 e. The largest absolute Gasteiger partial charge is 0.339 e. The third-order valence-electron chi connectivity index (χ3n) is 7.13. The maximum absolute atomic E-state index is 13.6. The van der Waals surface area contributed by atoms with E-state index in [9.17, 15) is 4.79 Å². The van der Waals surface area contributed by atoms with E-state index in [0.29, 0.717) is 17.9 Å². The van der Waals surface area contributed by atoms with E-state index in [1.54, 1.807) is 5.57 Å². The van der Waals surface area contributed by atoms with Crippen LogP contribution in [0.5, 0.6) is 0 Å². The Morgan fingerprint density at radius 3 is 2.74 bits per heavy atom. The summed E-state index contributed by atoms with van der Waals surface area (Å²) in [6, 6.07) is 0.551. The Morgan fingerprint density at radius 2 is 1.91 bits per heavy atom. The molecular weight excluding hydrogens is 282 g/mol. The summed E-state index contributed by atoms with van der Waals surface area (Å²) in [4.78, 5) is 15.9. The van der Waals surface area contributed by atoms with Crippen molar-refractivity contribution < 1.29 is 4.79 Å². The highest BCUT2D eigenvalue weighted by atomic mass is 16.2. The number of hydrogen-bond acceptors (Lipinski definition) is 1. The molecule has 0 radical (unpaired) electrons. The summed E-state index contributed by atoms with van der Waals surface area (Å²) >= 11 is 0. The fraction of sp³-hybridized carbons (Fsp3) is 0.857. The average molecular weight is 316 g/mol. The molecule has 4 aliphatic carbocycles. The van der Waals surface area contributed by atoms with Crippen LogP contribution in [0.25, 0.3) is 0 Å². The molecule has 4 unspecified atom stereocenters. The Morgan fingerprint density at radius 1 is 1.17 bits per heavy atom. The molecule has 4 atom stereocenters. The predicted molar refractivity (Wildman–Crippen MR) is 94.0 cm³/mol. The van der Waals surface area contributed by atoms with Crippen LogP contribution in [0.15, 0.2) is 11.6 Å². The van der Waals surface area contributed by atoms with Crippen molar-refractivity contribution in [3.8, 4) is 0 Å². The van der Waals surface area contributed by atoms with Crippen molar-refractivity contribution in [2.24, 2.45) is 23.2 Å². The molecular formula is C21H33NO. The van der Waals surface area contributed by atoms with Gasteiger partial charge in [0, 0.05) is 12.6 Å². The first-order valence-electron chi connectivity index (χ1n) is 10.1. The van der Waals surface area contributed by atoms with Gasteiger partial charge in [-0.2, -0.15) is 0 Å². The summed E-state index contributed by atoms with van der Waals surface area (Å²) in [6.07, 6.45) is 15.2. The van der Waals surface area contributed by atoms with Gasteiger partial charge in [0.1, 0.15) is 0 Å². The molecule has 5 rings (SSSR count). The molecule has 3 fully saturated rings. The minimum atomic E-state index is -0.237. The number of allylic oxidation sites excluding steroid dienone is 1. The maximum atomic E-state index is 13.6. The van der Waals surface area contributed by atoms with Gasteiger partial charge in [0.2, 0.25) is 5.91 Å². The Hall–Kier alpha value is -0.790. The standard InChI is InChI=1S/C21H33NO/c1-15-10-16-11-17(12-16)14-21(2,13-15)20(23)22-9-5-7-18-6-3-4-8-19(18)22/h14-16,18-19H,3-13H2,1-2H3. The van der Waals surface area contributed by atoms with Crippen LogP contribution >= 0.6 is 0 Å². The average Bonchev–Trinajstić information content (AvgIpc) is 2.49. The van der Waals surface area contributed by atoms with E-state index in [1.165, 1.54) is 57.8 Å². The van der Waals surface area contributed by atoms with Crippen LogP contribution < -0.4 is 0 Å². The second-order valence-electron chi connectivity index (χ2n) is 9.29. The van der Waals surface area contributed by atoms with Crippen molar-refractivity contribution in [2.45, 2.75) is 84.1 Å². The van der Waals surface area contributed by atoms with Gasteiger partial charge < -0.3 is 4.90 Å². The predicted octanol–water partition coefficient (Wildman–Crippen LogP) is 4.94. The van der Waals surface area contributed by atoms with Crippen molar-refractivity contribution in [3.05, 3.63) is 11.6 Å². The zero-order valence-electron chi connectivity index (χ0n) is 15.0. The Labute approximate surface area is 141 Å². The summed E-state index contributed by atoms with van der Waals surface area (Å²) < 4.78 is 0. The smallest absolute Gasteiger partial charge is 0.232 e. The van der Waals surface area contributed by atoms with Gasteiger partial charge in [0.25, 0.3) is 0 Å². The van der Waals surface area contributed by atoms with Crippen LogP contribution in [0, 0.1) is 23.2 Å². The van der Waals surface area contributed by atoms with Gasteiger partial charge in [0.05, 0.1) is 5.41 Å². The van der Waals surface area contributed by atoms with Crippen LogP contribution in [-0.2, 0) is 4.79 Å². The van der Waals surface area contributed by atoms with Crippen molar-refractivity contribution >= 4 is 5.91 Å². The van der Waals surface area contributed by atoms with Crippen molar-refractivity contribution in [2.75, 3.05) is 6.54 Å². The quantitative estimate of drug-likeness (QED) is 0.628. The monoisotopic (exact) mass is 315 g/mol. The first kappa shape index (κ1) is 15.7. The van der Waals surface area contributed by atoms with Crippen LogP contribution in [0.4, 0.5) is 0 Å². The molecule has 0 aromatic heterocycles. The van der Waals surface area contributed by atoms with Crippen LogP contribution in [0.3, 0.4) is 0 Å². The van der Waals surface area contributed by atoms with Crippen molar-refractivity contribution in [3.63, 3.8) is 0 Å². The van der Waals surface area contributed by atoms with Crippen LogP contribution in [0.2, 0.25) is 0 Å². The normalized spacial score (nSPS) is 43.6. The third-order valence-corrected chi connectivity index (χ3v) is 7.13.